The highest BCUT2D eigenvalue weighted by Crippen LogP contribution is 2.33. The number of ether oxygens (including phenoxy) is 1. The van der Waals surface area contributed by atoms with Crippen LogP contribution in [0.5, 0.6) is 5.88 Å². The van der Waals surface area contributed by atoms with Gasteiger partial charge in [0.2, 0.25) is 21.8 Å². The Kier molecular flexibility index (Phi) is 7.25. The molecule has 4 heterocycles. The molecule has 3 aromatic rings. The second-order valence-electron chi connectivity index (χ2n) is 9.21. The number of hydrogen-bond donors (Lipinski definition) is 2. The smallest absolute Gasteiger partial charge is 0.280 e. The minimum Gasteiger partial charge on any atom is -0.477 e. The predicted octanol–water partition coefficient (Wildman–Crippen LogP) is 2.25. The van der Waals surface area contributed by atoms with Gasteiger partial charge in [0, 0.05) is 38.3 Å². The largest absolute Gasteiger partial charge is 0.477 e. The molecule has 12 nitrogen and oxygen atoms in total. The van der Waals surface area contributed by atoms with Crippen molar-refractivity contribution in [2.75, 3.05) is 24.9 Å². The number of amides is 2. The van der Waals surface area contributed by atoms with Crippen molar-refractivity contribution in [3.8, 4) is 16.5 Å². The highest BCUT2D eigenvalue weighted by molar-refractivity contribution is 7.93. The van der Waals surface area contributed by atoms with E-state index in [1.807, 2.05) is 6.92 Å². The lowest BCUT2D eigenvalue weighted by Gasteiger charge is -2.24. The van der Waals surface area contributed by atoms with Gasteiger partial charge < -0.3 is 15.0 Å². The Morgan fingerprint density at radius 1 is 1.26 bits per heavy atom. The Morgan fingerprint density at radius 2 is 2.08 bits per heavy atom. The van der Waals surface area contributed by atoms with Gasteiger partial charge >= 0.3 is 0 Å². The summed E-state index contributed by atoms with van der Waals surface area (Å²) in [5.41, 5.74) is 1.35. The summed E-state index contributed by atoms with van der Waals surface area (Å²) < 4.78 is 32.9. The molecule has 14 heteroatoms. The number of carbonyl (C=O) groups excluding carboxylic acids is 2. The number of thiazole rings is 1. The van der Waals surface area contributed by atoms with Gasteiger partial charge in [0.1, 0.15) is 5.69 Å². The van der Waals surface area contributed by atoms with Crippen molar-refractivity contribution in [1.29, 1.82) is 0 Å². The average Bonchev–Trinajstić information content (AvgIpc) is 3.56. The number of hydrogen-bond acceptors (Lipinski definition) is 10. The van der Waals surface area contributed by atoms with Crippen LogP contribution in [0.25, 0.3) is 10.6 Å². The standard InChI is InChI=1S/C24H27N7O5S2/c1-3-36-20-12-25-10-18(28-20)19-11-27-24(37-19)23(33)29-22(14-8-21(32)31(2)13-14)17-9-15(6-7-26-17)30-38(34,35)16-4-5-16/h6-7,9-12,14,16,22H,3-5,8,13H2,1-2H3,(H,26,30)(H,29,33)/t14-,22+/m1/s1. The van der Waals surface area contributed by atoms with E-state index in [9.17, 15) is 18.0 Å². The maximum absolute atomic E-state index is 13.3. The van der Waals surface area contributed by atoms with Gasteiger partial charge in [0.15, 0.2) is 5.01 Å². The van der Waals surface area contributed by atoms with Crippen molar-refractivity contribution >= 4 is 38.9 Å². The van der Waals surface area contributed by atoms with E-state index in [2.05, 4.69) is 30.0 Å². The molecule has 2 aliphatic rings. The Hall–Kier alpha value is -3.65. The summed E-state index contributed by atoms with van der Waals surface area (Å²) in [5, 5.41) is 2.81. The van der Waals surface area contributed by atoms with Crippen molar-refractivity contribution < 1.29 is 22.7 Å². The third kappa shape index (κ3) is 5.75. The molecule has 2 fully saturated rings. The molecule has 3 aromatic heterocycles. The van der Waals surface area contributed by atoms with Gasteiger partial charge in [-0.2, -0.15) is 0 Å². The number of likely N-dealkylation sites (tertiary alicyclic amines) is 1. The van der Waals surface area contributed by atoms with Crippen LogP contribution in [0.15, 0.2) is 36.9 Å². The molecule has 0 unspecified atom stereocenters. The molecule has 2 atom stereocenters. The van der Waals surface area contributed by atoms with Crippen LogP contribution in [0.2, 0.25) is 0 Å². The molecule has 0 bridgehead atoms. The number of nitrogens with one attached hydrogen (secondary N) is 2. The van der Waals surface area contributed by atoms with Gasteiger partial charge in [-0.25, -0.2) is 18.4 Å². The van der Waals surface area contributed by atoms with Crippen LogP contribution in [0.3, 0.4) is 0 Å². The first kappa shape index (κ1) is 26.0. The van der Waals surface area contributed by atoms with Gasteiger partial charge in [-0.3, -0.25) is 24.3 Å². The summed E-state index contributed by atoms with van der Waals surface area (Å²) in [4.78, 5) is 45.1. The summed E-state index contributed by atoms with van der Waals surface area (Å²) in [6, 6.07) is 2.53. The highest BCUT2D eigenvalue weighted by Gasteiger charge is 2.37. The third-order valence-electron chi connectivity index (χ3n) is 6.31. The number of nitrogens with zero attached hydrogens (tertiary/aromatic N) is 5. The van der Waals surface area contributed by atoms with E-state index in [1.165, 1.54) is 12.4 Å². The number of sulfonamides is 1. The number of pyridine rings is 1. The van der Waals surface area contributed by atoms with Gasteiger partial charge in [0.05, 0.1) is 46.6 Å². The Morgan fingerprint density at radius 3 is 2.79 bits per heavy atom. The average molecular weight is 558 g/mol. The summed E-state index contributed by atoms with van der Waals surface area (Å²) >= 11 is 1.15. The molecule has 2 amide bonds. The molecule has 1 saturated heterocycles. The zero-order valence-corrected chi connectivity index (χ0v) is 22.5. The molecule has 5 rings (SSSR count). The lowest BCUT2D eigenvalue weighted by atomic mass is 9.95. The summed E-state index contributed by atoms with van der Waals surface area (Å²) in [6.45, 7) is 2.72. The lowest BCUT2D eigenvalue weighted by Crippen LogP contribution is -2.35. The molecule has 1 aliphatic carbocycles. The molecular formula is C24H27N7O5S2. The van der Waals surface area contributed by atoms with Crippen LogP contribution in [0, 0.1) is 5.92 Å². The summed E-state index contributed by atoms with van der Waals surface area (Å²) in [7, 11) is -1.76. The number of carbonyl (C=O) groups is 2. The van der Waals surface area contributed by atoms with E-state index >= 15 is 0 Å². The normalized spacial score (nSPS) is 18.3. The molecule has 0 spiro atoms. The molecule has 200 valence electrons. The zero-order valence-electron chi connectivity index (χ0n) is 20.8. The van der Waals surface area contributed by atoms with Gasteiger partial charge in [0.25, 0.3) is 5.91 Å². The van der Waals surface area contributed by atoms with E-state index in [0.717, 1.165) is 11.3 Å². The van der Waals surface area contributed by atoms with Crippen LogP contribution in [0.4, 0.5) is 5.69 Å². The SMILES string of the molecule is CCOc1cncc(-c2cnc(C(=O)N[C@H](c3cc(NS(=O)(=O)C4CC4)ccn3)[C@@H]3CC(=O)N(C)C3)s2)n1. The highest BCUT2D eigenvalue weighted by atomic mass is 32.2. The molecule has 1 saturated carbocycles. The van der Waals surface area contributed by atoms with Crippen molar-refractivity contribution in [3.63, 3.8) is 0 Å². The van der Waals surface area contributed by atoms with Crippen molar-refractivity contribution in [2.24, 2.45) is 5.92 Å². The molecule has 38 heavy (non-hydrogen) atoms. The second-order valence-corrected chi connectivity index (χ2v) is 12.2. The fourth-order valence-corrected chi connectivity index (χ4v) is 6.40. The second kappa shape index (κ2) is 10.6. The number of rotatable bonds is 10. The Bertz CT molecular complexity index is 1460. The van der Waals surface area contributed by atoms with E-state index in [-0.39, 0.29) is 28.5 Å². The topological polar surface area (TPSA) is 156 Å². The Balaban J connectivity index is 1.39. The maximum atomic E-state index is 13.3. The van der Waals surface area contributed by atoms with Crippen LogP contribution >= 0.6 is 11.3 Å². The van der Waals surface area contributed by atoms with Crippen molar-refractivity contribution in [3.05, 3.63) is 47.6 Å². The fourth-order valence-electron chi connectivity index (χ4n) is 4.25. The minimum atomic E-state index is -3.47. The lowest BCUT2D eigenvalue weighted by molar-refractivity contribution is -0.126. The predicted molar refractivity (Wildman–Crippen MR) is 140 cm³/mol. The van der Waals surface area contributed by atoms with Crippen molar-refractivity contribution in [1.82, 2.24) is 30.2 Å². The minimum absolute atomic E-state index is 0.0378. The van der Waals surface area contributed by atoms with Crippen LogP contribution in [0.1, 0.15) is 47.7 Å². The van der Waals surface area contributed by atoms with Crippen molar-refractivity contribution in [2.45, 2.75) is 37.5 Å². The van der Waals surface area contributed by atoms with Gasteiger partial charge in [-0.05, 0) is 31.9 Å². The van der Waals surface area contributed by atoms with Crippen LogP contribution in [-0.4, -0.2) is 70.5 Å². The fraction of sp³-hybridized carbons (Fsp3) is 0.417. The first-order valence-corrected chi connectivity index (χ1v) is 14.5. The summed E-state index contributed by atoms with van der Waals surface area (Å²) in [5.74, 6) is -0.354. The van der Waals surface area contributed by atoms with E-state index < -0.39 is 22.0 Å². The van der Waals surface area contributed by atoms with E-state index in [4.69, 9.17) is 4.74 Å². The first-order valence-electron chi connectivity index (χ1n) is 12.2. The van der Waals surface area contributed by atoms with Gasteiger partial charge in [-0.1, -0.05) is 0 Å². The maximum Gasteiger partial charge on any atom is 0.280 e. The molecule has 0 radical (unpaired) electrons. The zero-order chi connectivity index (χ0) is 26.9. The van der Waals surface area contributed by atoms with Crippen LogP contribution in [-0.2, 0) is 14.8 Å². The number of anilines is 1. The number of aromatic nitrogens is 4. The van der Waals surface area contributed by atoms with E-state index in [1.54, 1.807) is 36.5 Å². The van der Waals surface area contributed by atoms with Gasteiger partial charge in [-0.15, -0.1) is 11.3 Å². The first-order chi connectivity index (χ1) is 18.2. The molecule has 1 aliphatic heterocycles. The van der Waals surface area contributed by atoms with Crippen LogP contribution < -0.4 is 14.8 Å². The molecule has 0 aromatic carbocycles. The molecular weight excluding hydrogens is 530 g/mol. The monoisotopic (exact) mass is 557 g/mol. The quantitative estimate of drug-likeness (QED) is 0.382. The summed E-state index contributed by atoms with van der Waals surface area (Å²) in [6.07, 6.45) is 7.62. The molecule has 2 N–H and O–H groups in total. The third-order valence-corrected chi connectivity index (χ3v) is 9.20. The Labute approximate surface area is 223 Å². The van der Waals surface area contributed by atoms with E-state index in [0.29, 0.717) is 53.8 Å².